The van der Waals surface area contributed by atoms with E-state index in [1.54, 1.807) is 0 Å². The molecule has 0 amide bonds. The number of hydrogen-bond acceptors (Lipinski definition) is 5. The van der Waals surface area contributed by atoms with Crippen molar-refractivity contribution in [3.63, 3.8) is 0 Å². The zero-order chi connectivity index (χ0) is 16.5. The van der Waals surface area contributed by atoms with E-state index in [1.165, 1.54) is 0 Å². The summed E-state index contributed by atoms with van der Waals surface area (Å²) in [5.41, 5.74) is 1.21. The van der Waals surface area contributed by atoms with Crippen molar-refractivity contribution in [2.24, 2.45) is 5.92 Å². The van der Waals surface area contributed by atoms with Gasteiger partial charge in [0.15, 0.2) is 5.69 Å². The highest BCUT2D eigenvalue weighted by atomic mass is 16.5. The number of nitrogens with zero attached hydrogens (tertiary/aromatic N) is 1. The van der Waals surface area contributed by atoms with Crippen LogP contribution in [0.4, 0.5) is 0 Å². The number of benzene rings is 1. The van der Waals surface area contributed by atoms with Crippen LogP contribution < -0.4 is 0 Å². The molecule has 2 aliphatic rings. The van der Waals surface area contributed by atoms with Crippen LogP contribution in [0.15, 0.2) is 34.7 Å². The van der Waals surface area contributed by atoms with E-state index in [1.807, 2.05) is 37.3 Å². The van der Waals surface area contributed by atoms with Crippen LogP contribution in [0.5, 0.6) is 0 Å². The Morgan fingerprint density at radius 1 is 1.25 bits per heavy atom. The number of carbonyl (C=O) groups is 1. The number of carbonyl (C=O) groups excluding carboxylic acids is 1. The fourth-order valence-corrected chi connectivity index (χ4v) is 3.05. The molecule has 0 N–H and O–H groups in total. The number of oxazole rings is 1. The van der Waals surface area contributed by atoms with E-state index in [0.717, 1.165) is 31.4 Å². The van der Waals surface area contributed by atoms with Crippen LogP contribution >= 0.6 is 0 Å². The number of aromatic nitrogens is 1. The van der Waals surface area contributed by atoms with Crippen molar-refractivity contribution in [2.45, 2.75) is 38.2 Å². The van der Waals surface area contributed by atoms with Gasteiger partial charge in [-0.15, -0.1) is 0 Å². The summed E-state index contributed by atoms with van der Waals surface area (Å²) in [5, 5.41) is 0. The summed E-state index contributed by atoms with van der Waals surface area (Å²) in [5.74, 6) is 1.33. The minimum Gasteiger partial charge on any atom is -0.457 e. The highest BCUT2D eigenvalue weighted by Gasteiger charge is 2.36. The Morgan fingerprint density at radius 2 is 2.04 bits per heavy atom. The van der Waals surface area contributed by atoms with E-state index >= 15 is 0 Å². The van der Waals surface area contributed by atoms with Gasteiger partial charge in [0.1, 0.15) is 11.9 Å². The first-order valence-corrected chi connectivity index (χ1v) is 8.57. The van der Waals surface area contributed by atoms with Crippen LogP contribution in [0, 0.1) is 5.92 Å². The lowest BCUT2D eigenvalue weighted by atomic mass is 10.0. The van der Waals surface area contributed by atoms with E-state index in [2.05, 4.69) is 4.98 Å². The lowest BCUT2D eigenvalue weighted by molar-refractivity contribution is 0.0172. The molecule has 2 fully saturated rings. The molecule has 0 bridgehead atoms. The highest BCUT2D eigenvalue weighted by molar-refractivity contribution is 5.89. The van der Waals surface area contributed by atoms with Gasteiger partial charge in [0.2, 0.25) is 5.89 Å². The summed E-state index contributed by atoms with van der Waals surface area (Å²) < 4.78 is 16.9. The smallest absolute Gasteiger partial charge is 0.360 e. The Bertz CT molecular complexity index is 714. The second kappa shape index (κ2) is 6.40. The molecular weight excluding hydrogens is 306 g/mol. The second-order valence-corrected chi connectivity index (χ2v) is 6.61. The Hall–Kier alpha value is -2.14. The lowest BCUT2D eigenvalue weighted by Gasteiger charge is -2.17. The molecule has 2 aromatic rings. The number of ether oxygens (including phenoxy) is 2. The molecule has 0 radical (unpaired) electrons. The molecule has 0 unspecified atom stereocenters. The molecule has 1 aromatic heterocycles. The molecular formula is C19H21NO4. The van der Waals surface area contributed by atoms with Gasteiger partial charge in [-0.3, -0.25) is 0 Å². The fraction of sp³-hybridized carbons (Fsp3) is 0.474. The summed E-state index contributed by atoms with van der Waals surface area (Å²) in [6, 6.07) is 9.65. The predicted molar refractivity (Wildman–Crippen MR) is 87.7 cm³/mol. The zero-order valence-corrected chi connectivity index (χ0v) is 13.7. The van der Waals surface area contributed by atoms with E-state index in [9.17, 15) is 4.79 Å². The normalized spacial score (nSPS) is 21.6. The minimum atomic E-state index is -0.387. The molecule has 24 heavy (non-hydrogen) atoms. The second-order valence-electron chi connectivity index (χ2n) is 6.61. The van der Waals surface area contributed by atoms with Crippen molar-refractivity contribution >= 4 is 5.97 Å². The van der Waals surface area contributed by atoms with Gasteiger partial charge >= 0.3 is 5.97 Å². The fourth-order valence-electron chi connectivity index (χ4n) is 3.05. The van der Waals surface area contributed by atoms with Crippen LogP contribution in [0.1, 0.15) is 48.4 Å². The Kier molecular flexibility index (Phi) is 4.10. The van der Waals surface area contributed by atoms with Crippen LogP contribution in [0.2, 0.25) is 0 Å². The van der Waals surface area contributed by atoms with E-state index in [4.69, 9.17) is 13.9 Å². The Morgan fingerprint density at radius 3 is 2.71 bits per heavy atom. The van der Waals surface area contributed by atoms with Gasteiger partial charge < -0.3 is 13.9 Å². The molecule has 2 atom stereocenters. The van der Waals surface area contributed by atoms with Crippen LogP contribution in [0.25, 0.3) is 11.5 Å². The summed E-state index contributed by atoms with van der Waals surface area (Å²) in [7, 11) is 0. The summed E-state index contributed by atoms with van der Waals surface area (Å²) in [6.45, 7) is 3.31. The number of rotatable bonds is 5. The van der Waals surface area contributed by atoms with Crippen molar-refractivity contribution in [3.05, 3.63) is 41.8 Å². The van der Waals surface area contributed by atoms with Gasteiger partial charge in [-0.05, 0) is 38.3 Å². The molecule has 1 aliphatic heterocycles. The Labute approximate surface area is 141 Å². The first kappa shape index (κ1) is 15.4. The average molecular weight is 327 g/mol. The van der Waals surface area contributed by atoms with Gasteiger partial charge in [0.05, 0.1) is 6.61 Å². The highest BCUT2D eigenvalue weighted by Crippen LogP contribution is 2.43. The van der Waals surface area contributed by atoms with Crippen molar-refractivity contribution in [1.82, 2.24) is 4.98 Å². The molecule has 0 spiro atoms. The van der Waals surface area contributed by atoms with Gasteiger partial charge in [-0.25, -0.2) is 9.78 Å². The third-order valence-electron chi connectivity index (χ3n) is 4.74. The van der Waals surface area contributed by atoms with Crippen molar-refractivity contribution in [3.8, 4) is 11.5 Å². The van der Waals surface area contributed by atoms with E-state index in [0.29, 0.717) is 29.9 Å². The molecule has 4 rings (SSSR count). The van der Waals surface area contributed by atoms with Crippen molar-refractivity contribution in [1.29, 1.82) is 0 Å². The monoisotopic (exact) mass is 327 g/mol. The number of esters is 1. The van der Waals surface area contributed by atoms with Crippen molar-refractivity contribution in [2.75, 3.05) is 13.2 Å². The minimum absolute atomic E-state index is 0.177. The molecule has 2 heterocycles. The van der Waals surface area contributed by atoms with E-state index in [-0.39, 0.29) is 18.0 Å². The van der Waals surface area contributed by atoms with Gasteiger partial charge in [0.25, 0.3) is 0 Å². The zero-order valence-electron chi connectivity index (χ0n) is 13.7. The summed E-state index contributed by atoms with van der Waals surface area (Å²) in [6.07, 6.45) is 2.83. The Balaban J connectivity index is 1.57. The standard InChI is InChI=1S/C19H21NO4/c1-12(15-9-10-22-11-15)23-19(21)16-17(13-7-8-13)24-18(20-16)14-5-3-2-4-6-14/h2-6,12-13,15H,7-11H2,1H3/t12-,15-/m0/s1. The van der Waals surface area contributed by atoms with Gasteiger partial charge in [-0.2, -0.15) is 0 Å². The van der Waals surface area contributed by atoms with Gasteiger partial charge in [-0.1, -0.05) is 18.2 Å². The quantitative estimate of drug-likeness (QED) is 0.782. The number of hydrogen-bond donors (Lipinski definition) is 0. The largest absolute Gasteiger partial charge is 0.457 e. The SMILES string of the molecule is C[C@H](OC(=O)c1nc(-c2ccccc2)oc1C1CC1)[C@H]1CCOC1. The van der Waals surface area contributed by atoms with Gasteiger partial charge in [0, 0.05) is 24.0 Å². The summed E-state index contributed by atoms with van der Waals surface area (Å²) >= 11 is 0. The first-order chi connectivity index (χ1) is 11.7. The molecule has 1 saturated heterocycles. The molecule has 1 aromatic carbocycles. The molecule has 1 saturated carbocycles. The molecule has 5 heteroatoms. The predicted octanol–water partition coefficient (Wildman–Crippen LogP) is 3.80. The van der Waals surface area contributed by atoms with Crippen LogP contribution in [-0.2, 0) is 9.47 Å². The molecule has 5 nitrogen and oxygen atoms in total. The third kappa shape index (κ3) is 3.08. The maximum atomic E-state index is 12.6. The molecule has 1 aliphatic carbocycles. The first-order valence-electron chi connectivity index (χ1n) is 8.57. The maximum Gasteiger partial charge on any atom is 0.360 e. The maximum absolute atomic E-state index is 12.6. The van der Waals surface area contributed by atoms with Crippen LogP contribution in [-0.4, -0.2) is 30.3 Å². The molecule has 126 valence electrons. The average Bonchev–Trinajstić information content (AvgIpc) is 3.14. The van der Waals surface area contributed by atoms with Crippen LogP contribution in [0.3, 0.4) is 0 Å². The lowest BCUT2D eigenvalue weighted by Crippen LogP contribution is -2.25. The van der Waals surface area contributed by atoms with Crippen molar-refractivity contribution < 1.29 is 18.7 Å². The topological polar surface area (TPSA) is 61.6 Å². The third-order valence-corrected chi connectivity index (χ3v) is 4.74. The van der Waals surface area contributed by atoms with E-state index < -0.39 is 0 Å². The summed E-state index contributed by atoms with van der Waals surface area (Å²) in [4.78, 5) is 17.1.